The van der Waals surface area contributed by atoms with Gasteiger partial charge in [0.15, 0.2) is 0 Å². The molecule has 0 radical (unpaired) electrons. The van der Waals surface area contributed by atoms with Gasteiger partial charge in [-0.1, -0.05) is 31.2 Å². The average molecular weight is 425 g/mol. The Kier molecular flexibility index (Phi) is 8.86. The molecule has 0 saturated heterocycles. The number of carbonyl (C=O) groups is 2. The Bertz CT molecular complexity index is 841. The van der Waals surface area contributed by atoms with Gasteiger partial charge in [0.1, 0.15) is 11.6 Å². The highest BCUT2D eigenvalue weighted by Crippen LogP contribution is 2.32. The predicted molar refractivity (Wildman–Crippen MR) is 120 cm³/mol. The first-order valence-electron chi connectivity index (χ1n) is 11.6. The Morgan fingerprint density at radius 3 is 2.35 bits per heavy atom. The number of rotatable bonds is 11. The lowest BCUT2D eigenvalue weighted by atomic mass is 9.77. The molecule has 1 aliphatic carbocycles. The van der Waals surface area contributed by atoms with Crippen molar-refractivity contribution in [2.75, 3.05) is 6.67 Å². The Balaban J connectivity index is 1.47. The lowest BCUT2D eigenvalue weighted by Crippen LogP contribution is -2.24. The summed E-state index contributed by atoms with van der Waals surface area (Å²) in [7, 11) is 0. The summed E-state index contributed by atoms with van der Waals surface area (Å²) in [5.74, 6) is 1.29. The van der Waals surface area contributed by atoms with Gasteiger partial charge in [-0.3, -0.25) is 14.0 Å². The third-order valence-electron chi connectivity index (χ3n) is 6.45. The van der Waals surface area contributed by atoms with Crippen LogP contribution in [-0.2, 0) is 22.4 Å². The number of carbonyl (C=O) groups excluding carboxylic acids is 2. The van der Waals surface area contributed by atoms with E-state index in [1.54, 1.807) is 0 Å². The average Bonchev–Trinajstić information content (AvgIpc) is 2.82. The Morgan fingerprint density at radius 1 is 1.00 bits per heavy atom. The van der Waals surface area contributed by atoms with Gasteiger partial charge in [0.05, 0.1) is 24.5 Å². The number of benzene rings is 1. The van der Waals surface area contributed by atoms with Gasteiger partial charge in [-0.15, -0.1) is 0 Å². The van der Waals surface area contributed by atoms with Crippen LogP contribution in [0, 0.1) is 11.8 Å². The van der Waals surface area contributed by atoms with Crippen LogP contribution in [0.15, 0.2) is 36.4 Å². The van der Waals surface area contributed by atoms with Crippen molar-refractivity contribution >= 4 is 11.6 Å². The van der Waals surface area contributed by atoms with Crippen LogP contribution in [0.3, 0.4) is 0 Å². The standard InChI is InChI=1S/C26H33FN2O2/c1-2-24(30)15-9-20-7-12-22(13-8-20)26(31)18-23-14-16-25(29-28-23)21-10-5-19(6-11-21)4-3-17-27/h5-6,10-11,14,16,20,22H,2-4,7-9,12-13,15,17-18H2,1H3. The Labute approximate surface area is 184 Å². The summed E-state index contributed by atoms with van der Waals surface area (Å²) in [5, 5.41) is 8.58. The van der Waals surface area contributed by atoms with Gasteiger partial charge < -0.3 is 0 Å². The maximum Gasteiger partial charge on any atom is 0.141 e. The van der Waals surface area contributed by atoms with Crippen LogP contribution in [0.25, 0.3) is 11.3 Å². The molecule has 0 atom stereocenters. The van der Waals surface area contributed by atoms with Crippen LogP contribution in [0.2, 0.25) is 0 Å². The van der Waals surface area contributed by atoms with E-state index in [1.165, 1.54) is 0 Å². The van der Waals surface area contributed by atoms with Crippen molar-refractivity contribution in [3.63, 3.8) is 0 Å². The normalized spacial score (nSPS) is 18.6. The van der Waals surface area contributed by atoms with E-state index in [2.05, 4.69) is 10.2 Å². The molecule has 0 spiro atoms. The highest BCUT2D eigenvalue weighted by atomic mass is 19.1. The van der Waals surface area contributed by atoms with Crippen molar-refractivity contribution in [3.05, 3.63) is 47.7 Å². The van der Waals surface area contributed by atoms with Gasteiger partial charge in [0.25, 0.3) is 0 Å². The lowest BCUT2D eigenvalue weighted by molar-refractivity contribution is -0.124. The first-order chi connectivity index (χ1) is 15.1. The van der Waals surface area contributed by atoms with E-state index in [0.717, 1.165) is 55.3 Å². The van der Waals surface area contributed by atoms with Gasteiger partial charge in [-0.2, -0.15) is 10.2 Å². The first kappa shape index (κ1) is 23.2. The zero-order valence-electron chi connectivity index (χ0n) is 18.5. The van der Waals surface area contributed by atoms with Crippen molar-refractivity contribution in [1.82, 2.24) is 10.2 Å². The summed E-state index contributed by atoms with van der Waals surface area (Å²) in [6.45, 7) is 1.62. The molecule has 1 aromatic carbocycles. The number of aromatic nitrogens is 2. The van der Waals surface area contributed by atoms with Crippen LogP contribution in [-0.4, -0.2) is 28.4 Å². The maximum atomic E-state index is 12.7. The predicted octanol–water partition coefficient (Wildman–Crippen LogP) is 5.72. The number of halogens is 1. The fourth-order valence-corrected chi connectivity index (χ4v) is 4.36. The number of Topliss-reactive ketones (excluding diaryl/α,β-unsaturated/α-hetero) is 2. The number of aryl methyl sites for hydroxylation is 1. The molecule has 31 heavy (non-hydrogen) atoms. The van der Waals surface area contributed by atoms with Gasteiger partial charge in [0.2, 0.25) is 0 Å². The third kappa shape index (κ3) is 7.05. The van der Waals surface area contributed by atoms with Gasteiger partial charge in [0, 0.05) is 24.3 Å². The number of ketones is 2. The summed E-state index contributed by atoms with van der Waals surface area (Å²) in [6.07, 6.45) is 7.81. The minimum atomic E-state index is -0.297. The van der Waals surface area contributed by atoms with E-state index in [-0.39, 0.29) is 18.4 Å². The van der Waals surface area contributed by atoms with Crippen molar-refractivity contribution in [2.45, 2.75) is 71.1 Å². The molecule has 1 heterocycles. The second-order valence-corrected chi connectivity index (χ2v) is 8.69. The molecule has 0 N–H and O–H groups in total. The molecule has 1 aromatic heterocycles. The summed E-state index contributed by atoms with van der Waals surface area (Å²) in [5.41, 5.74) is 3.57. The molecule has 2 aromatic rings. The maximum absolute atomic E-state index is 12.7. The highest BCUT2D eigenvalue weighted by molar-refractivity contribution is 5.83. The van der Waals surface area contributed by atoms with E-state index in [0.29, 0.717) is 43.1 Å². The Morgan fingerprint density at radius 2 is 1.74 bits per heavy atom. The largest absolute Gasteiger partial charge is 0.300 e. The summed E-state index contributed by atoms with van der Waals surface area (Å²) < 4.78 is 12.3. The monoisotopic (exact) mass is 424 g/mol. The van der Waals surface area contributed by atoms with Crippen molar-refractivity contribution in [1.29, 1.82) is 0 Å². The van der Waals surface area contributed by atoms with E-state index < -0.39 is 0 Å². The van der Waals surface area contributed by atoms with Crippen LogP contribution in [0.1, 0.15) is 69.5 Å². The van der Waals surface area contributed by atoms with Crippen LogP contribution in [0.5, 0.6) is 0 Å². The van der Waals surface area contributed by atoms with E-state index >= 15 is 0 Å². The van der Waals surface area contributed by atoms with E-state index in [1.807, 2.05) is 43.3 Å². The molecule has 0 aliphatic heterocycles. The van der Waals surface area contributed by atoms with Crippen molar-refractivity contribution in [2.24, 2.45) is 11.8 Å². The molecule has 3 rings (SSSR count). The van der Waals surface area contributed by atoms with Crippen LogP contribution >= 0.6 is 0 Å². The molecule has 0 amide bonds. The molecular formula is C26H33FN2O2. The zero-order chi connectivity index (χ0) is 22.1. The number of alkyl halides is 1. The van der Waals surface area contributed by atoms with E-state index in [4.69, 9.17) is 0 Å². The summed E-state index contributed by atoms with van der Waals surface area (Å²) >= 11 is 0. The molecule has 1 aliphatic rings. The molecule has 0 unspecified atom stereocenters. The highest BCUT2D eigenvalue weighted by Gasteiger charge is 2.26. The van der Waals surface area contributed by atoms with Crippen molar-refractivity contribution in [3.8, 4) is 11.3 Å². The summed E-state index contributed by atoms with van der Waals surface area (Å²) in [6, 6.07) is 11.8. The van der Waals surface area contributed by atoms with Crippen molar-refractivity contribution < 1.29 is 14.0 Å². The second-order valence-electron chi connectivity index (χ2n) is 8.69. The topological polar surface area (TPSA) is 59.9 Å². The molecule has 0 bridgehead atoms. The minimum absolute atomic E-state index is 0.108. The Hall–Kier alpha value is -2.43. The number of hydrogen-bond acceptors (Lipinski definition) is 4. The molecule has 5 heteroatoms. The first-order valence-corrected chi connectivity index (χ1v) is 11.6. The van der Waals surface area contributed by atoms with E-state index in [9.17, 15) is 14.0 Å². The fraction of sp³-hybridized carbons (Fsp3) is 0.538. The number of nitrogens with zero attached hydrogens (tertiary/aromatic N) is 2. The molecule has 1 saturated carbocycles. The molecule has 166 valence electrons. The fourth-order valence-electron chi connectivity index (χ4n) is 4.36. The van der Waals surface area contributed by atoms with Crippen LogP contribution < -0.4 is 0 Å². The summed E-state index contributed by atoms with van der Waals surface area (Å²) in [4.78, 5) is 24.2. The molecule has 1 fully saturated rings. The van der Waals surface area contributed by atoms with Crippen LogP contribution in [0.4, 0.5) is 4.39 Å². The minimum Gasteiger partial charge on any atom is -0.300 e. The lowest BCUT2D eigenvalue weighted by Gasteiger charge is -2.27. The molecular weight excluding hydrogens is 391 g/mol. The smallest absolute Gasteiger partial charge is 0.141 e. The quantitative estimate of drug-likeness (QED) is 0.463. The SMILES string of the molecule is CCC(=O)CCC1CCC(C(=O)Cc2ccc(-c3ccc(CCCF)cc3)nn2)CC1. The van der Waals surface area contributed by atoms with Gasteiger partial charge in [-0.25, -0.2) is 0 Å². The molecule has 4 nitrogen and oxygen atoms in total. The third-order valence-corrected chi connectivity index (χ3v) is 6.45. The van der Waals surface area contributed by atoms with Gasteiger partial charge in [-0.05, 0) is 68.6 Å². The zero-order valence-corrected chi connectivity index (χ0v) is 18.5. The number of hydrogen-bond donors (Lipinski definition) is 0. The second kappa shape index (κ2) is 11.8. The van der Waals surface area contributed by atoms with Gasteiger partial charge >= 0.3 is 0 Å².